The van der Waals surface area contributed by atoms with Gasteiger partial charge in [-0.15, -0.1) is 0 Å². The van der Waals surface area contributed by atoms with E-state index in [1.807, 2.05) is 14.0 Å². The molecule has 0 radical (unpaired) electrons. The summed E-state index contributed by atoms with van der Waals surface area (Å²) in [6, 6.07) is 0. The van der Waals surface area contributed by atoms with E-state index in [9.17, 15) is 4.79 Å². The first-order chi connectivity index (χ1) is 8.12. The number of thiazole rings is 1. The van der Waals surface area contributed by atoms with Crippen LogP contribution >= 0.6 is 11.3 Å². The minimum atomic E-state index is 0.202. The predicted molar refractivity (Wildman–Crippen MR) is 73.1 cm³/mol. The number of carbonyl (C=O) groups is 1. The van der Waals surface area contributed by atoms with Gasteiger partial charge in [0.25, 0.3) is 0 Å². The van der Waals surface area contributed by atoms with Crippen LogP contribution in [0.4, 0.5) is 5.13 Å². The Morgan fingerprint density at radius 3 is 2.53 bits per heavy atom. The van der Waals surface area contributed by atoms with Gasteiger partial charge in [-0.05, 0) is 20.0 Å². The van der Waals surface area contributed by atoms with Crippen LogP contribution in [-0.4, -0.2) is 42.3 Å². The third-order valence-corrected chi connectivity index (χ3v) is 4.03. The summed E-state index contributed by atoms with van der Waals surface area (Å²) >= 11 is 1.44. The van der Waals surface area contributed by atoms with Crippen molar-refractivity contribution in [2.24, 2.45) is 0 Å². The van der Waals surface area contributed by atoms with Gasteiger partial charge in [0, 0.05) is 20.0 Å². The zero-order valence-electron chi connectivity index (χ0n) is 11.0. The molecule has 0 bridgehead atoms. The summed E-state index contributed by atoms with van der Waals surface area (Å²) in [7, 11) is 1.82. The Morgan fingerprint density at radius 1 is 1.41 bits per heavy atom. The molecule has 0 aliphatic rings. The van der Waals surface area contributed by atoms with Crippen molar-refractivity contribution in [1.82, 2.24) is 9.88 Å². The van der Waals surface area contributed by atoms with Gasteiger partial charge in [-0.3, -0.25) is 4.79 Å². The lowest BCUT2D eigenvalue weighted by atomic mass is 10.2. The Bertz CT molecular complexity index is 372. The summed E-state index contributed by atoms with van der Waals surface area (Å²) < 4.78 is 0. The maximum atomic E-state index is 12.0. The molecule has 0 spiro atoms. The van der Waals surface area contributed by atoms with Gasteiger partial charge in [-0.2, -0.15) is 0 Å². The van der Waals surface area contributed by atoms with Gasteiger partial charge in [-0.25, -0.2) is 4.98 Å². The van der Waals surface area contributed by atoms with E-state index < -0.39 is 0 Å². The van der Waals surface area contributed by atoms with Gasteiger partial charge in [0.15, 0.2) is 10.9 Å². The molecule has 0 amide bonds. The highest BCUT2D eigenvalue weighted by Gasteiger charge is 2.15. The van der Waals surface area contributed by atoms with Gasteiger partial charge in [0.05, 0.1) is 10.6 Å². The summed E-state index contributed by atoms with van der Waals surface area (Å²) in [5.74, 6) is 0.202. The van der Waals surface area contributed by atoms with E-state index in [0.717, 1.165) is 35.3 Å². The summed E-state index contributed by atoms with van der Waals surface area (Å²) in [6.45, 7) is 8.94. The monoisotopic (exact) mass is 255 g/mol. The Labute approximate surface area is 107 Å². The van der Waals surface area contributed by atoms with E-state index in [1.54, 1.807) is 0 Å². The van der Waals surface area contributed by atoms with Crippen LogP contribution in [0, 0.1) is 6.92 Å². The normalized spacial score (nSPS) is 10.9. The number of anilines is 1. The average Bonchev–Trinajstić information content (AvgIpc) is 2.71. The van der Waals surface area contributed by atoms with Crippen molar-refractivity contribution in [2.75, 3.05) is 32.0 Å². The molecule has 4 nitrogen and oxygen atoms in total. The maximum Gasteiger partial charge on any atom is 0.183 e. The molecule has 0 saturated carbocycles. The fourth-order valence-electron chi connectivity index (χ4n) is 1.68. The Morgan fingerprint density at radius 2 is 2.06 bits per heavy atom. The molecule has 0 fully saturated rings. The van der Waals surface area contributed by atoms with E-state index in [1.165, 1.54) is 11.3 Å². The van der Waals surface area contributed by atoms with Gasteiger partial charge in [-0.1, -0.05) is 25.2 Å². The molecule has 96 valence electrons. The first kappa shape index (κ1) is 14.1. The predicted octanol–water partition coefficient (Wildman–Crippen LogP) is 2.41. The lowest BCUT2D eigenvalue weighted by Crippen LogP contribution is -2.25. The fourth-order valence-corrected chi connectivity index (χ4v) is 2.56. The SMILES string of the molecule is CCN(CC)CCC(=O)c1sc(NC)nc1C. The van der Waals surface area contributed by atoms with E-state index >= 15 is 0 Å². The topological polar surface area (TPSA) is 45.2 Å². The van der Waals surface area contributed by atoms with Gasteiger partial charge in [0.2, 0.25) is 0 Å². The van der Waals surface area contributed by atoms with Crippen molar-refractivity contribution in [1.29, 1.82) is 0 Å². The number of rotatable bonds is 7. The smallest absolute Gasteiger partial charge is 0.183 e. The number of hydrogen-bond acceptors (Lipinski definition) is 5. The van der Waals surface area contributed by atoms with Crippen LogP contribution in [0.1, 0.15) is 35.6 Å². The number of Topliss-reactive ketones (excluding diaryl/α,β-unsaturated/α-hetero) is 1. The second-order valence-corrected chi connectivity index (χ2v) is 4.88. The van der Waals surface area contributed by atoms with Crippen LogP contribution in [0.2, 0.25) is 0 Å². The van der Waals surface area contributed by atoms with Gasteiger partial charge in [0.1, 0.15) is 0 Å². The summed E-state index contributed by atoms with van der Waals surface area (Å²) in [5, 5.41) is 3.79. The number of nitrogens with one attached hydrogen (secondary N) is 1. The van der Waals surface area contributed by atoms with Crippen molar-refractivity contribution in [3.63, 3.8) is 0 Å². The number of nitrogens with zero attached hydrogens (tertiary/aromatic N) is 2. The van der Waals surface area contributed by atoms with Gasteiger partial charge >= 0.3 is 0 Å². The lowest BCUT2D eigenvalue weighted by Gasteiger charge is -2.16. The van der Waals surface area contributed by atoms with Crippen LogP contribution in [0.5, 0.6) is 0 Å². The molecule has 1 aromatic heterocycles. The second kappa shape index (κ2) is 6.71. The van der Waals surface area contributed by atoms with Crippen molar-refractivity contribution < 1.29 is 4.79 Å². The molecule has 0 aromatic carbocycles. The number of carbonyl (C=O) groups excluding carboxylic acids is 1. The molecule has 0 aliphatic carbocycles. The van der Waals surface area contributed by atoms with Gasteiger partial charge < -0.3 is 10.2 Å². The Kier molecular flexibility index (Phi) is 5.58. The largest absolute Gasteiger partial charge is 0.365 e. The van der Waals surface area contributed by atoms with Crippen LogP contribution in [-0.2, 0) is 0 Å². The lowest BCUT2D eigenvalue weighted by molar-refractivity contribution is 0.0969. The van der Waals surface area contributed by atoms with E-state index in [0.29, 0.717) is 6.42 Å². The van der Waals surface area contributed by atoms with Crippen LogP contribution in [0.15, 0.2) is 0 Å². The average molecular weight is 255 g/mol. The van der Waals surface area contributed by atoms with Crippen LogP contribution in [0.25, 0.3) is 0 Å². The van der Waals surface area contributed by atoms with Crippen LogP contribution in [0.3, 0.4) is 0 Å². The van der Waals surface area contributed by atoms with Crippen molar-refractivity contribution in [3.05, 3.63) is 10.6 Å². The fraction of sp³-hybridized carbons (Fsp3) is 0.667. The number of aryl methyl sites for hydroxylation is 1. The molecular weight excluding hydrogens is 234 g/mol. The highest BCUT2D eigenvalue weighted by molar-refractivity contribution is 7.17. The molecule has 0 saturated heterocycles. The van der Waals surface area contributed by atoms with E-state index in [-0.39, 0.29) is 5.78 Å². The van der Waals surface area contributed by atoms with Crippen molar-refractivity contribution >= 4 is 22.3 Å². The first-order valence-corrected chi connectivity index (χ1v) is 6.84. The summed E-state index contributed by atoms with van der Waals surface area (Å²) in [6.07, 6.45) is 0.577. The van der Waals surface area contributed by atoms with Crippen molar-refractivity contribution in [2.45, 2.75) is 27.2 Å². The quantitative estimate of drug-likeness (QED) is 0.760. The molecule has 1 aromatic rings. The molecular formula is C12H21N3OS. The highest BCUT2D eigenvalue weighted by atomic mass is 32.1. The number of aromatic nitrogens is 1. The second-order valence-electron chi connectivity index (χ2n) is 3.88. The third-order valence-electron chi connectivity index (χ3n) is 2.81. The first-order valence-electron chi connectivity index (χ1n) is 6.03. The minimum absolute atomic E-state index is 0.202. The van der Waals surface area contributed by atoms with Crippen LogP contribution < -0.4 is 5.32 Å². The minimum Gasteiger partial charge on any atom is -0.365 e. The zero-order chi connectivity index (χ0) is 12.8. The molecule has 0 aliphatic heterocycles. The molecule has 0 atom stereocenters. The molecule has 1 heterocycles. The molecule has 1 N–H and O–H groups in total. The molecule has 1 rings (SSSR count). The summed E-state index contributed by atoms with van der Waals surface area (Å²) in [5.41, 5.74) is 0.837. The maximum absolute atomic E-state index is 12.0. The molecule has 5 heteroatoms. The number of hydrogen-bond donors (Lipinski definition) is 1. The summed E-state index contributed by atoms with van der Waals surface area (Å²) in [4.78, 5) is 19.4. The Balaban J connectivity index is 2.60. The highest BCUT2D eigenvalue weighted by Crippen LogP contribution is 2.23. The van der Waals surface area contributed by atoms with E-state index in [4.69, 9.17) is 0 Å². The molecule has 0 unspecified atom stereocenters. The zero-order valence-corrected chi connectivity index (χ0v) is 11.9. The number of ketones is 1. The Hall–Kier alpha value is -0.940. The standard InChI is InChI=1S/C12H21N3OS/c1-5-15(6-2)8-7-10(16)11-9(3)14-12(13-4)17-11/h5-8H2,1-4H3,(H,13,14). The van der Waals surface area contributed by atoms with E-state index in [2.05, 4.69) is 29.0 Å². The third kappa shape index (κ3) is 3.78. The molecule has 17 heavy (non-hydrogen) atoms. The van der Waals surface area contributed by atoms with Crippen molar-refractivity contribution in [3.8, 4) is 0 Å².